The Bertz CT molecular complexity index is 3410. The van der Waals surface area contributed by atoms with Gasteiger partial charge in [0.25, 0.3) is 16.6 Å². The lowest BCUT2D eigenvalue weighted by Gasteiger charge is -2.43. The third kappa shape index (κ3) is 20.0. The van der Waals surface area contributed by atoms with Gasteiger partial charge in [-0.15, -0.1) is 22.7 Å². The normalized spacial score (nSPS) is 10.9. The molecule has 0 aliphatic carbocycles. The molecule has 0 bridgehead atoms. The van der Waals surface area contributed by atoms with Gasteiger partial charge in [-0.1, -0.05) is 213 Å². The number of hydrogen-bond acceptors (Lipinski definition) is 16. The maximum Gasteiger partial charge on any atom is 0.373 e. The van der Waals surface area contributed by atoms with Gasteiger partial charge in [0.2, 0.25) is 11.1 Å². The number of aromatic nitrogens is 2. The van der Waals surface area contributed by atoms with E-state index in [0.717, 1.165) is 51.2 Å². The van der Waals surface area contributed by atoms with Gasteiger partial charge in [-0.05, 0) is 98.3 Å². The van der Waals surface area contributed by atoms with Gasteiger partial charge in [-0.25, -0.2) is 9.97 Å². The van der Waals surface area contributed by atoms with Crippen molar-refractivity contribution in [2.75, 3.05) is 30.5 Å². The minimum Gasteiger partial charge on any atom is -0.469 e. The number of nitrogens with one attached hydrogen (secondary N) is 1. The van der Waals surface area contributed by atoms with Crippen molar-refractivity contribution < 1.29 is 51.9 Å². The van der Waals surface area contributed by atoms with Crippen LogP contribution in [0.2, 0.25) is 10.1 Å². The summed E-state index contributed by atoms with van der Waals surface area (Å²) in [6, 6.07) is 59.2. The molecule has 8 rings (SSSR count). The molecule has 0 atom stereocenters. The van der Waals surface area contributed by atoms with Gasteiger partial charge < -0.3 is 18.9 Å². The van der Waals surface area contributed by atoms with Gasteiger partial charge in [0, 0.05) is 18.9 Å². The van der Waals surface area contributed by atoms with Crippen LogP contribution in [-0.4, -0.2) is 82.1 Å². The second-order valence-corrected chi connectivity index (χ2v) is 32.5. The molecule has 6 aromatic carbocycles. The van der Waals surface area contributed by atoms with Crippen LogP contribution in [0.15, 0.2) is 181 Å². The minimum absolute atomic E-state index is 0.0217. The van der Waals surface area contributed by atoms with E-state index >= 15 is 0 Å². The summed E-state index contributed by atoms with van der Waals surface area (Å²) in [6.07, 6.45) is 3.01. The Kier molecular flexibility index (Phi) is 30.0. The molecule has 0 saturated carbocycles. The third-order valence-electron chi connectivity index (χ3n) is 14.0. The van der Waals surface area contributed by atoms with E-state index in [0.29, 0.717) is 26.1 Å². The van der Waals surface area contributed by atoms with Crippen LogP contribution in [0.4, 0.5) is 21.4 Å². The lowest BCUT2D eigenvalue weighted by Crippen LogP contribution is -2.66. The first-order chi connectivity index (χ1) is 42.1. The first-order valence-corrected chi connectivity index (χ1v) is 34.4. The van der Waals surface area contributed by atoms with Gasteiger partial charge in [0.15, 0.2) is 0 Å². The number of thiazole rings is 2. The van der Waals surface area contributed by atoms with E-state index in [2.05, 4.69) is 197 Å². The van der Waals surface area contributed by atoms with Crippen molar-refractivity contribution in [2.24, 2.45) is 0 Å². The van der Waals surface area contributed by atoms with Crippen molar-refractivity contribution in [3.05, 3.63) is 203 Å². The molecule has 0 saturated heterocycles. The summed E-state index contributed by atoms with van der Waals surface area (Å²) in [5, 5.41) is 9.80. The minimum atomic E-state index is -2.71. The summed E-state index contributed by atoms with van der Waals surface area (Å²) in [4.78, 5) is 88.5. The zero-order valence-electron chi connectivity index (χ0n) is 51.5. The number of esters is 1. The fourth-order valence-electron chi connectivity index (χ4n) is 10.2. The Morgan fingerprint density at radius 3 is 1.34 bits per heavy atom. The summed E-state index contributed by atoms with van der Waals surface area (Å²) in [5.41, 5.74) is 9.65. The van der Waals surface area contributed by atoms with Crippen LogP contribution >= 0.6 is 34.3 Å². The molecule has 0 aliphatic rings. The van der Waals surface area contributed by atoms with Crippen molar-refractivity contribution >= 4 is 128 Å². The molecule has 0 radical (unpaired) electrons. The number of carbonyl (C=O) groups excluding carboxylic acids is 8. The zero-order chi connectivity index (χ0) is 64.8. The molecule has 0 spiro atoms. The number of carbonyl (C=O) groups is 4. The van der Waals surface area contributed by atoms with Crippen molar-refractivity contribution in [2.45, 2.75) is 111 Å². The number of Topliss-reactive ketones (excluding diaryl/α,β-unsaturated/α-hetero) is 1. The molecule has 2 heterocycles. The second kappa shape index (κ2) is 36.4. The van der Waals surface area contributed by atoms with Crippen LogP contribution in [0.1, 0.15) is 97.7 Å². The average Bonchev–Trinajstić information content (AvgIpc) is 1.25. The van der Waals surface area contributed by atoms with Crippen molar-refractivity contribution in [3.63, 3.8) is 0 Å². The highest BCUT2D eigenvalue weighted by Gasteiger charge is 2.51. The molecule has 1 amide bonds. The fraction of sp³-hybridized carbons (Fsp3) is 0.294. The molecule has 1 N–H and O–H groups in total. The number of ether oxygens (including phenoxy) is 1. The summed E-state index contributed by atoms with van der Waals surface area (Å²) in [6.45, 7) is 20.3. The molecule has 0 aliphatic heterocycles. The Balaban J connectivity index is 0.000000317. The number of hydrogen-bond donors (Lipinski definition) is 1. The zero-order valence-corrected chi connectivity index (χ0v) is 55.9. The Hall–Kier alpha value is -7.94. The summed E-state index contributed by atoms with van der Waals surface area (Å²) in [5.74, 6) is -1.12. The van der Waals surface area contributed by atoms with Crippen LogP contribution in [-0.2, 0) is 77.6 Å². The number of halogens is 1. The Morgan fingerprint density at radius 2 is 0.943 bits per heavy atom. The second-order valence-electron chi connectivity index (χ2n) is 21.8. The molecule has 8 aromatic rings. The van der Waals surface area contributed by atoms with Gasteiger partial charge in [-0.2, -0.15) is 19.2 Å². The number of anilines is 4. The summed E-state index contributed by atoms with van der Waals surface area (Å²) < 4.78 is 19.1. The van der Waals surface area contributed by atoms with Gasteiger partial charge in [0.05, 0.1) is 41.6 Å². The molecule has 20 heteroatoms. The maximum absolute atomic E-state index is 13.5. The molecular weight excluding hydrogens is 1200 g/mol. The van der Waals surface area contributed by atoms with E-state index in [1.165, 1.54) is 51.7 Å². The molecule has 462 valence electrons. The third-order valence-corrected chi connectivity index (χ3v) is 25.9. The van der Waals surface area contributed by atoms with Crippen LogP contribution < -0.4 is 31.0 Å². The smallest absolute Gasteiger partial charge is 0.373 e. The highest BCUT2D eigenvalue weighted by Crippen LogP contribution is 2.40. The highest BCUT2D eigenvalue weighted by molar-refractivity contribution is 7.14. The summed E-state index contributed by atoms with van der Waals surface area (Å²) in [7, 11) is -3.95. The molecule has 2 aromatic heterocycles. The molecule has 15 nitrogen and oxygen atoms in total. The topological polar surface area (TPSA) is 205 Å². The SMILES string of the molecule is CC(=O)CC(=O)Cl.CCc1ncsc1N(C(=O)CC(=O)OC)c1ccccc1CCO[Si](c1ccccc1)(c1ccccc1)C(C)(C)C.CCc1ncsc1Nc1ccccc1CCO[Si](c1ccccc1)(c1ccccc1)C(C)(C)C.O=C=O.O=C=O. The largest absolute Gasteiger partial charge is 0.469 e. The molecule has 88 heavy (non-hydrogen) atoms. The predicted molar refractivity (Wildman–Crippen MR) is 354 cm³/mol. The molecule has 0 fully saturated rings. The number of nitrogens with zero attached hydrogens (tertiary/aromatic N) is 3. The fourth-order valence-corrected chi connectivity index (χ4v) is 21.2. The van der Waals surface area contributed by atoms with Gasteiger partial charge in [0.1, 0.15) is 22.2 Å². The number of rotatable bonds is 22. The predicted octanol–water partition coefficient (Wildman–Crippen LogP) is 12.2. The van der Waals surface area contributed by atoms with E-state index in [9.17, 15) is 19.2 Å². The molecule has 0 unspecified atom stereocenters. The number of ketones is 1. The lowest BCUT2D eigenvalue weighted by molar-refractivity contribution is -0.193. The van der Waals surface area contributed by atoms with E-state index in [4.69, 9.17) is 44.4 Å². The standard InChI is InChI=1S/C33H38N2O4SSi.C29H34N2OSSi.C4H5ClO2.2CO2/c1-6-28-32(40-24-34-28)35(30(36)23-31(37)38-5)29-20-14-13-15-25(29)21-22-39-41(33(2,3)4,26-16-9-7-10-17-26)27-18-11-8-12-19-27;1-5-26-28(33-22-30-26)31-27-19-13-12-14-23(27)20-21-32-34(29(2,3)4,24-15-8-6-9-16-24)25-17-10-7-11-18-25;1-3(6)2-4(5)7;2*2-1-3/h7-20,24H,6,21-23H2,1-5H3;6-19,22,31H,5,20-21H2,1-4H3;2H2,1H3;;. The van der Waals surface area contributed by atoms with E-state index < -0.39 is 27.8 Å². The van der Waals surface area contributed by atoms with Crippen molar-refractivity contribution in [1.82, 2.24) is 9.97 Å². The highest BCUT2D eigenvalue weighted by atomic mass is 35.5. The van der Waals surface area contributed by atoms with Crippen molar-refractivity contribution in [1.29, 1.82) is 0 Å². The average molecular weight is 1280 g/mol. The maximum atomic E-state index is 13.5. The van der Waals surface area contributed by atoms with E-state index in [-0.39, 0.29) is 46.9 Å². The first-order valence-electron chi connectivity index (χ1n) is 28.5. The number of methoxy groups -OCH3 is 1. The first kappa shape index (κ1) is 72.5. The summed E-state index contributed by atoms with van der Waals surface area (Å²) >= 11 is 7.86. The number of aryl methyl sites for hydroxylation is 2. The van der Waals surface area contributed by atoms with Crippen LogP contribution in [0.3, 0.4) is 0 Å². The van der Waals surface area contributed by atoms with Crippen LogP contribution in [0, 0.1) is 0 Å². The quantitative estimate of drug-likeness (QED) is 0.0290. The van der Waals surface area contributed by atoms with Crippen LogP contribution in [0.5, 0.6) is 0 Å². The number of para-hydroxylation sites is 2. The van der Waals surface area contributed by atoms with Crippen LogP contribution in [0.25, 0.3) is 0 Å². The van der Waals surface area contributed by atoms with E-state index in [1.54, 1.807) is 21.7 Å². The van der Waals surface area contributed by atoms with Gasteiger partial charge in [-0.3, -0.25) is 24.1 Å². The van der Waals surface area contributed by atoms with Gasteiger partial charge >= 0.3 is 18.3 Å². The monoisotopic (exact) mass is 1280 g/mol. The Labute approximate surface area is 531 Å². The van der Waals surface area contributed by atoms with Crippen molar-refractivity contribution in [3.8, 4) is 0 Å². The Morgan fingerprint density at radius 1 is 0.557 bits per heavy atom. The number of amides is 1. The number of benzene rings is 6. The molecular formula is C68H77ClN4O11S2Si2. The lowest BCUT2D eigenvalue weighted by atomic mass is 10.1. The van der Waals surface area contributed by atoms with E-state index in [1.807, 2.05) is 48.8 Å².